The van der Waals surface area contributed by atoms with Crippen LogP contribution in [0.25, 0.3) is 0 Å². The number of benzene rings is 1. The predicted molar refractivity (Wildman–Crippen MR) is 80.6 cm³/mol. The number of nitrogens with one attached hydrogen (secondary N) is 1. The Balaban J connectivity index is 1.99. The summed E-state index contributed by atoms with van der Waals surface area (Å²) in [5.41, 5.74) is 1.82. The lowest BCUT2D eigenvalue weighted by atomic mass is 10.2. The number of halogens is 1. The molecule has 1 aromatic carbocycles. The quantitative estimate of drug-likeness (QED) is 0.760. The molecule has 2 rings (SSSR count). The van der Waals surface area contributed by atoms with Crippen molar-refractivity contribution in [2.24, 2.45) is 0 Å². The number of ether oxygens (including phenoxy) is 2. The second kappa shape index (κ2) is 8.02. The molecular weight excluding hydrogens is 292 g/mol. The third-order valence-electron chi connectivity index (χ3n) is 2.88. The highest BCUT2D eigenvalue weighted by Gasteiger charge is 2.10. The monoisotopic (exact) mass is 310 g/mol. The molecule has 1 N–H and O–H groups in total. The summed E-state index contributed by atoms with van der Waals surface area (Å²) < 4.78 is 15.9. The van der Waals surface area contributed by atoms with Gasteiger partial charge in [0.15, 0.2) is 5.76 Å². The maximum atomic E-state index is 6.22. The second-order valence-electron chi connectivity index (χ2n) is 4.62. The topological polar surface area (TPSA) is 56.5 Å². The van der Waals surface area contributed by atoms with E-state index in [-0.39, 0.29) is 0 Å². The predicted octanol–water partition coefficient (Wildman–Crippen LogP) is 2.95. The summed E-state index contributed by atoms with van der Waals surface area (Å²) in [7, 11) is 1.68. The Morgan fingerprint density at radius 1 is 1.38 bits per heavy atom. The van der Waals surface area contributed by atoms with E-state index in [1.165, 1.54) is 0 Å². The van der Waals surface area contributed by atoms with E-state index < -0.39 is 0 Å². The first-order valence-electron chi connectivity index (χ1n) is 6.72. The first-order chi connectivity index (χ1) is 10.2. The van der Waals surface area contributed by atoms with Gasteiger partial charge >= 0.3 is 0 Å². The van der Waals surface area contributed by atoms with Gasteiger partial charge in [-0.3, -0.25) is 0 Å². The Morgan fingerprint density at radius 3 is 2.95 bits per heavy atom. The van der Waals surface area contributed by atoms with E-state index >= 15 is 0 Å². The van der Waals surface area contributed by atoms with Gasteiger partial charge in [-0.1, -0.05) is 28.9 Å². The lowest BCUT2D eigenvalue weighted by Crippen LogP contribution is -2.19. The third-order valence-corrected chi connectivity index (χ3v) is 3.18. The molecule has 0 amide bonds. The molecule has 0 aliphatic rings. The molecule has 0 saturated carbocycles. The summed E-state index contributed by atoms with van der Waals surface area (Å²) >= 11 is 6.22. The SMILES string of the molecule is COCCNCc1cccc(Cl)c1OCc1cc(C)no1. The zero-order valence-electron chi connectivity index (χ0n) is 12.2. The molecule has 21 heavy (non-hydrogen) atoms. The zero-order chi connectivity index (χ0) is 15.1. The van der Waals surface area contributed by atoms with E-state index in [1.54, 1.807) is 13.2 Å². The van der Waals surface area contributed by atoms with Gasteiger partial charge in [-0.15, -0.1) is 0 Å². The summed E-state index contributed by atoms with van der Waals surface area (Å²) in [4.78, 5) is 0. The van der Waals surface area contributed by atoms with E-state index in [4.69, 9.17) is 25.6 Å². The molecule has 0 spiro atoms. The van der Waals surface area contributed by atoms with Crippen LogP contribution in [0.1, 0.15) is 17.0 Å². The van der Waals surface area contributed by atoms with Crippen molar-refractivity contribution >= 4 is 11.6 Å². The maximum Gasteiger partial charge on any atom is 0.174 e. The Morgan fingerprint density at radius 2 is 2.24 bits per heavy atom. The molecule has 0 aliphatic heterocycles. The van der Waals surface area contributed by atoms with Crippen LogP contribution in [0, 0.1) is 6.92 Å². The Hall–Kier alpha value is -1.56. The van der Waals surface area contributed by atoms with Gasteiger partial charge in [0.25, 0.3) is 0 Å². The van der Waals surface area contributed by atoms with E-state index in [1.807, 2.05) is 25.1 Å². The molecule has 0 radical (unpaired) electrons. The number of hydrogen-bond acceptors (Lipinski definition) is 5. The fraction of sp³-hybridized carbons (Fsp3) is 0.400. The second-order valence-corrected chi connectivity index (χ2v) is 5.03. The van der Waals surface area contributed by atoms with E-state index in [0.717, 1.165) is 17.8 Å². The molecule has 114 valence electrons. The van der Waals surface area contributed by atoms with Crippen LogP contribution in [0.15, 0.2) is 28.8 Å². The smallest absolute Gasteiger partial charge is 0.174 e. The normalized spacial score (nSPS) is 10.8. The molecular formula is C15H19ClN2O3. The molecule has 6 heteroatoms. The van der Waals surface area contributed by atoms with E-state index in [9.17, 15) is 0 Å². The van der Waals surface area contributed by atoms with Crippen LogP contribution in [-0.4, -0.2) is 25.4 Å². The molecule has 0 bridgehead atoms. The summed E-state index contributed by atoms with van der Waals surface area (Å²) in [5.74, 6) is 1.34. The minimum Gasteiger partial charge on any atom is -0.484 e. The van der Waals surface area contributed by atoms with E-state index in [2.05, 4.69) is 10.5 Å². The number of aryl methyl sites for hydroxylation is 1. The number of hydrogen-bond donors (Lipinski definition) is 1. The number of para-hydroxylation sites is 1. The van der Waals surface area contributed by atoms with Crippen molar-refractivity contribution in [2.75, 3.05) is 20.3 Å². The fourth-order valence-electron chi connectivity index (χ4n) is 1.88. The number of methoxy groups -OCH3 is 1. The first-order valence-corrected chi connectivity index (χ1v) is 7.10. The van der Waals surface area contributed by atoms with Gasteiger partial charge in [0, 0.05) is 31.8 Å². The highest BCUT2D eigenvalue weighted by atomic mass is 35.5. The molecule has 1 aromatic heterocycles. The average molecular weight is 311 g/mol. The van der Waals surface area contributed by atoms with Gasteiger partial charge in [0.05, 0.1) is 17.3 Å². The van der Waals surface area contributed by atoms with Gasteiger partial charge in [-0.2, -0.15) is 0 Å². The highest BCUT2D eigenvalue weighted by molar-refractivity contribution is 6.32. The van der Waals surface area contributed by atoms with Crippen LogP contribution in [0.3, 0.4) is 0 Å². The van der Waals surface area contributed by atoms with Gasteiger partial charge in [-0.05, 0) is 13.0 Å². The summed E-state index contributed by atoms with van der Waals surface area (Å²) in [5, 5.41) is 7.68. The van der Waals surface area contributed by atoms with Crippen molar-refractivity contribution in [3.8, 4) is 5.75 Å². The number of aromatic nitrogens is 1. The van der Waals surface area contributed by atoms with Crippen LogP contribution < -0.4 is 10.1 Å². The largest absolute Gasteiger partial charge is 0.484 e. The third kappa shape index (κ3) is 4.74. The number of rotatable bonds is 8. The van der Waals surface area contributed by atoms with Crippen molar-refractivity contribution in [1.82, 2.24) is 10.5 Å². The minimum atomic E-state index is 0.301. The van der Waals surface area contributed by atoms with Crippen molar-refractivity contribution in [3.63, 3.8) is 0 Å². The lowest BCUT2D eigenvalue weighted by Gasteiger charge is -2.12. The van der Waals surface area contributed by atoms with Crippen LogP contribution in [0.2, 0.25) is 5.02 Å². The maximum absolute atomic E-state index is 6.22. The molecule has 2 aromatic rings. The lowest BCUT2D eigenvalue weighted by molar-refractivity contribution is 0.198. The zero-order valence-corrected chi connectivity index (χ0v) is 12.9. The molecule has 1 heterocycles. The molecule has 5 nitrogen and oxygen atoms in total. The molecule has 0 unspecified atom stereocenters. The standard InChI is InChI=1S/C15H19ClN2O3/c1-11-8-13(21-18-11)10-20-15-12(4-3-5-14(15)16)9-17-6-7-19-2/h3-5,8,17H,6-7,9-10H2,1-2H3. The molecule has 0 saturated heterocycles. The molecule has 0 atom stereocenters. The summed E-state index contributed by atoms with van der Waals surface area (Å²) in [6.07, 6.45) is 0. The summed E-state index contributed by atoms with van der Waals surface area (Å²) in [6, 6.07) is 7.53. The molecule has 0 fully saturated rings. The van der Waals surface area contributed by atoms with E-state index in [0.29, 0.717) is 36.3 Å². The Labute approximate surface area is 129 Å². The van der Waals surface area contributed by atoms with Gasteiger partial charge in [-0.25, -0.2) is 0 Å². The first kappa shape index (κ1) is 15.8. The van der Waals surface area contributed by atoms with Crippen LogP contribution in [0.5, 0.6) is 5.75 Å². The van der Waals surface area contributed by atoms with Crippen molar-refractivity contribution < 1.29 is 14.0 Å². The van der Waals surface area contributed by atoms with Crippen LogP contribution in [-0.2, 0) is 17.9 Å². The van der Waals surface area contributed by atoms with Crippen molar-refractivity contribution in [2.45, 2.75) is 20.1 Å². The summed E-state index contributed by atoms with van der Waals surface area (Å²) in [6.45, 7) is 4.26. The van der Waals surface area contributed by atoms with Gasteiger partial charge in [0.1, 0.15) is 12.4 Å². The minimum absolute atomic E-state index is 0.301. The number of nitrogens with zero attached hydrogens (tertiary/aromatic N) is 1. The fourth-order valence-corrected chi connectivity index (χ4v) is 2.13. The highest BCUT2D eigenvalue weighted by Crippen LogP contribution is 2.29. The Bertz CT molecular complexity index is 572. The van der Waals surface area contributed by atoms with Crippen LogP contribution in [0.4, 0.5) is 0 Å². The van der Waals surface area contributed by atoms with Crippen LogP contribution >= 0.6 is 11.6 Å². The van der Waals surface area contributed by atoms with Gasteiger partial charge < -0.3 is 19.3 Å². The van der Waals surface area contributed by atoms with Gasteiger partial charge in [0.2, 0.25) is 0 Å². The van der Waals surface area contributed by atoms with Crippen molar-refractivity contribution in [1.29, 1.82) is 0 Å². The molecule has 0 aliphatic carbocycles. The van der Waals surface area contributed by atoms with Crippen molar-refractivity contribution in [3.05, 3.63) is 46.3 Å². The Kier molecular flexibility index (Phi) is 6.04. The average Bonchev–Trinajstić information content (AvgIpc) is 2.88.